The van der Waals surface area contributed by atoms with Gasteiger partial charge in [-0.15, -0.1) is 0 Å². The first-order valence-corrected chi connectivity index (χ1v) is 8.14. The molecule has 0 amide bonds. The van der Waals surface area contributed by atoms with Gasteiger partial charge in [-0.1, -0.05) is 39.2 Å². The van der Waals surface area contributed by atoms with Crippen molar-refractivity contribution >= 4 is 0 Å². The average Bonchev–Trinajstić information content (AvgIpc) is 2.53. The van der Waals surface area contributed by atoms with E-state index in [0.717, 1.165) is 23.7 Å². The monoisotopic (exact) mass is 293 g/mol. The third kappa shape index (κ3) is 5.24. The highest BCUT2D eigenvalue weighted by Gasteiger charge is 2.17. The van der Waals surface area contributed by atoms with Crippen molar-refractivity contribution in [3.8, 4) is 11.5 Å². The molecule has 0 aliphatic carbocycles. The molecule has 21 heavy (non-hydrogen) atoms. The molecule has 1 N–H and O–H groups in total. The lowest BCUT2D eigenvalue weighted by Gasteiger charge is -2.21. The van der Waals surface area contributed by atoms with E-state index in [9.17, 15) is 0 Å². The predicted octanol–water partition coefficient (Wildman–Crippen LogP) is 4.57. The van der Waals surface area contributed by atoms with Crippen LogP contribution < -0.4 is 14.8 Å². The molecule has 0 aliphatic rings. The van der Waals surface area contributed by atoms with Gasteiger partial charge < -0.3 is 14.8 Å². The number of rotatable bonds is 10. The molecule has 1 aromatic rings. The van der Waals surface area contributed by atoms with Gasteiger partial charge in [-0.3, -0.25) is 0 Å². The van der Waals surface area contributed by atoms with Gasteiger partial charge >= 0.3 is 0 Å². The summed E-state index contributed by atoms with van der Waals surface area (Å²) in [6.07, 6.45) is 4.94. The summed E-state index contributed by atoms with van der Waals surface area (Å²) in [4.78, 5) is 0. The lowest BCUT2D eigenvalue weighted by Crippen LogP contribution is -2.17. The molecule has 2 atom stereocenters. The normalized spacial score (nSPS) is 13.8. The van der Waals surface area contributed by atoms with Crippen molar-refractivity contribution in [2.24, 2.45) is 5.92 Å². The highest BCUT2D eigenvalue weighted by molar-refractivity contribution is 5.46. The van der Waals surface area contributed by atoms with Crippen molar-refractivity contribution in [3.05, 3.63) is 23.8 Å². The summed E-state index contributed by atoms with van der Waals surface area (Å²) in [5, 5.41) is 3.27. The smallest absolute Gasteiger partial charge is 0.127 e. The van der Waals surface area contributed by atoms with Crippen LogP contribution in [0, 0.1) is 5.92 Å². The first kappa shape index (κ1) is 17.8. The first-order valence-electron chi connectivity index (χ1n) is 8.14. The molecule has 0 bridgehead atoms. The number of benzene rings is 1. The molecule has 0 heterocycles. The van der Waals surface area contributed by atoms with Crippen molar-refractivity contribution in [1.82, 2.24) is 5.32 Å². The molecule has 0 radical (unpaired) electrons. The number of hydrogen-bond donors (Lipinski definition) is 1. The van der Waals surface area contributed by atoms with Gasteiger partial charge in [0.2, 0.25) is 0 Å². The number of ether oxygens (including phenoxy) is 2. The van der Waals surface area contributed by atoms with Crippen molar-refractivity contribution in [2.75, 3.05) is 20.8 Å². The highest BCUT2D eigenvalue weighted by atomic mass is 16.5. The minimum Gasteiger partial charge on any atom is -0.496 e. The van der Waals surface area contributed by atoms with Gasteiger partial charge in [-0.25, -0.2) is 0 Å². The zero-order valence-corrected chi connectivity index (χ0v) is 14.2. The van der Waals surface area contributed by atoms with Crippen LogP contribution in [-0.4, -0.2) is 20.8 Å². The molecule has 3 heteroatoms. The van der Waals surface area contributed by atoms with E-state index in [1.807, 2.05) is 25.2 Å². The summed E-state index contributed by atoms with van der Waals surface area (Å²) in [5.74, 6) is 2.45. The average molecular weight is 293 g/mol. The van der Waals surface area contributed by atoms with E-state index >= 15 is 0 Å². The van der Waals surface area contributed by atoms with E-state index in [4.69, 9.17) is 9.47 Å². The van der Waals surface area contributed by atoms with Gasteiger partial charge in [0.1, 0.15) is 11.5 Å². The van der Waals surface area contributed by atoms with Gasteiger partial charge in [0.05, 0.1) is 19.3 Å². The Bertz CT molecular complexity index is 406. The molecular weight excluding hydrogens is 262 g/mol. The second-order valence-corrected chi connectivity index (χ2v) is 5.61. The lowest BCUT2D eigenvalue weighted by molar-refractivity contribution is 0.229. The van der Waals surface area contributed by atoms with Crippen molar-refractivity contribution in [2.45, 2.75) is 52.5 Å². The van der Waals surface area contributed by atoms with Gasteiger partial charge in [-0.2, -0.15) is 0 Å². The van der Waals surface area contributed by atoms with Crippen LogP contribution >= 0.6 is 0 Å². The van der Waals surface area contributed by atoms with E-state index in [1.165, 1.54) is 25.7 Å². The van der Waals surface area contributed by atoms with Crippen LogP contribution in [0.5, 0.6) is 11.5 Å². The van der Waals surface area contributed by atoms with Crippen LogP contribution in [-0.2, 0) is 0 Å². The maximum Gasteiger partial charge on any atom is 0.127 e. The lowest BCUT2D eigenvalue weighted by atomic mass is 10.0. The Morgan fingerprint density at radius 2 is 1.90 bits per heavy atom. The molecule has 0 saturated heterocycles. The van der Waals surface area contributed by atoms with E-state index < -0.39 is 0 Å². The van der Waals surface area contributed by atoms with Gasteiger partial charge in [0.15, 0.2) is 0 Å². The van der Waals surface area contributed by atoms with Crippen LogP contribution in [0.15, 0.2) is 18.2 Å². The molecular formula is C18H31NO2. The summed E-state index contributed by atoms with van der Waals surface area (Å²) < 4.78 is 11.6. The summed E-state index contributed by atoms with van der Waals surface area (Å²) >= 11 is 0. The number of nitrogens with one attached hydrogen (secondary N) is 1. The molecule has 0 saturated carbocycles. The first-order chi connectivity index (χ1) is 10.2. The molecule has 1 rings (SSSR count). The SMILES string of the molecule is CCCCC(CC)COc1cccc(OC)c1C(C)NC. The maximum absolute atomic E-state index is 6.13. The largest absolute Gasteiger partial charge is 0.496 e. The standard InChI is InChI=1S/C18H31NO2/c1-6-8-10-15(7-2)13-21-17-12-9-11-16(20-5)18(17)14(3)19-4/h9,11-12,14-15,19H,6-8,10,13H2,1-5H3. The van der Waals surface area contributed by atoms with E-state index in [0.29, 0.717) is 5.92 Å². The van der Waals surface area contributed by atoms with Crippen LogP contribution in [0.1, 0.15) is 58.1 Å². The Labute approximate surface area is 130 Å². The molecule has 1 aromatic carbocycles. The van der Waals surface area contributed by atoms with Crippen molar-refractivity contribution in [3.63, 3.8) is 0 Å². The van der Waals surface area contributed by atoms with Gasteiger partial charge in [0, 0.05) is 6.04 Å². The zero-order valence-electron chi connectivity index (χ0n) is 14.2. The van der Waals surface area contributed by atoms with E-state index in [2.05, 4.69) is 26.1 Å². The van der Waals surface area contributed by atoms with E-state index in [-0.39, 0.29) is 6.04 Å². The second-order valence-electron chi connectivity index (χ2n) is 5.61. The Balaban J connectivity index is 2.82. The summed E-state index contributed by atoms with van der Waals surface area (Å²) in [5.41, 5.74) is 1.10. The molecule has 0 aliphatic heterocycles. The summed E-state index contributed by atoms with van der Waals surface area (Å²) in [6.45, 7) is 7.39. The fourth-order valence-electron chi connectivity index (χ4n) is 2.50. The number of hydrogen-bond acceptors (Lipinski definition) is 3. The van der Waals surface area contributed by atoms with Gasteiger partial charge in [0.25, 0.3) is 0 Å². The third-order valence-electron chi connectivity index (χ3n) is 4.13. The minimum absolute atomic E-state index is 0.201. The van der Waals surface area contributed by atoms with Crippen LogP contribution in [0.4, 0.5) is 0 Å². The number of unbranched alkanes of at least 4 members (excludes halogenated alkanes) is 1. The van der Waals surface area contributed by atoms with Crippen molar-refractivity contribution < 1.29 is 9.47 Å². The fourth-order valence-corrected chi connectivity index (χ4v) is 2.50. The molecule has 2 unspecified atom stereocenters. The quantitative estimate of drug-likeness (QED) is 0.685. The van der Waals surface area contributed by atoms with Gasteiger partial charge in [-0.05, 0) is 38.4 Å². The Hall–Kier alpha value is -1.22. The van der Waals surface area contributed by atoms with E-state index in [1.54, 1.807) is 7.11 Å². The zero-order chi connectivity index (χ0) is 15.7. The van der Waals surface area contributed by atoms with Crippen LogP contribution in [0.2, 0.25) is 0 Å². The predicted molar refractivity (Wildman–Crippen MR) is 89.3 cm³/mol. The third-order valence-corrected chi connectivity index (χ3v) is 4.13. The summed E-state index contributed by atoms with van der Waals surface area (Å²) in [7, 11) is 3.66. The fraction of sp³-hybridized carbons (Fsp3) is 0.667. The Morgan fingerprint density at radius 3 is 2.48 bits per heavy atom. The summed E-state index contributed by atoms with van der Waals surface area (Å²) in [6, 6.07) is 6.22. The maximum atomic E-state index is 6.13. The molecule has 0 fully saturated rings. The second kappa shape index (κ2) is 9.67. The Morgan fingerprint density at radius 1 is 1.19 bits per heavy atom. The Kier molecular flexibility index (Phi) is 8.21. The molecule has 120 valence electrons. The number of methoxy groups -OCH3 is 1. The molecule has 0 aromatic heterocycles. The molecule has 0 spiro atoms. The van der Waals surface area contributed by atoms with Crippen molar-refractivity contribution in [1.29, 1.82) is 0 Å². The van der Waals surface area contributed by atoms with Crippen LogP contribution in [0.3, 0.4) is 0 Å². The minimum atomic E-state index is 0.201. The topological polar surface area (TPSA) is 30.5 Å². The molecule has 3 nitrogen and oxygen atoms in total. The highest BCUT2D eigenvalue weighted by Crippen LogP contribution is 2.34. The van der Waals surface area contributed by atoms with Crippen LogP contribution in [0.25, 0.3) is 0 Å².